The van der Waals surface area contributed by atoms with E-state index in [0.717, 1.165) is 0 Å². The number of halogens is 2. The molecule has 0 bridgehead atoms. The van der Waals surface area contributed by atoms with Crippen molar-refractivity contribution in [3.63, 3.8) is 0 Å². The van der Waals surface area contributed by atoms with Crippen LogP contribution in [0.2, 0.25) is 0 Å². The van der Waals surface area contributed by atoms with Gasteiger partial charge in [0.15, 0.2) is 0 Å². The fraction of sp³-hybridized carbons (Fsp3) is 0.250. The van der Waals surface area contributed by atoms with Crippen LogP contribution in [0.1, 0.15) is 25.3 Å². The van der Waals surface area contributed by atoms with Gasteiger partial charge < -0.3 is 0 Å². The summed E-state index contributed by atoms with van der Waals surface area (Å²) in [5.74, 6) is 0.630. The molecular formula is C12H15Br2Ti-. The Labute approximate surface area is 127 Å². The van der Waals surface area contributed by atoms with E-state index in [-0.39, 0.29) is 55.7 Å². The van der Waals surface area contributed by atoms with Crippen molar-refractivity contribution in [1.82, 2.24) is 0 Å². The van der Waals surface area contributed by atoms with Crippen molar-refractivity contribution in [3.05, 3.63) is 42.0 Å². The monoisotopic (exact) mass is 365 g/mol. The van der Waals surface area contributed by atoms with Gasteiger partial charge in [-0.1, -0.05) is 25.8 Å². The summed E-state index contributed by atoms with van der Waals surface area (Å²) in [5, 5.41) is 2.77. The summed E-state index contributed by atoms with van der Waals surface area (Å²) < 4.78 is 0. The Balaban J connectivity index is 0. The van der Waals surface area contributed by atoms with Crippen molar-refractivity contribution in [1.29, 1.82) is 0 Å². The topological polar surface area (TPSA) is 0 Å². The van der Waals surface area contributed by atoms with Crippen LogP contribution in [0, 0.1) is 0 Å². The molecule has 0 spiro atoms. The van der Waals surface area contributed by atoms with Gasteiger partial charge in [-0.05, 0) is 0 Å². The van der Waals surface area contributed by atoms with Crippen molar-refractivity contribution in [2.75, 3.05) is 0 Å². The van der Waals surface area contributed by atoms with E-state index in [0.29, 0.717) is 5.92 Å². The van der Waals surface area contributed by atoms with Gasteiger partial charge in [-0.25, -0.2) is 0 Å². The van der Waals surface area contributed by atoms with Crippen LogP contribution >= 0.6 is 34.0 Å². The molecule has 0 unspecified atom stereocenters. The number of rotatable bonds is 1. The zero-order chi connectivity index (χ0) is 8.55. The van der Waals surface area contributed by atoms with Crippen LogP contribution in [0.5, 0.6) is 0 Å². The summed E-state index contributed by atoms with van der Waals surface area (Å²) >= 11 is 0. The number of hydrogen-bond donors (Lipinski definition) is 0. The first-order chi connectivity index (χ1) is 5.79. The first-order valence-corrected chi connectivity index (χ1v) is 4.43. The van der Waals surface area contributed by atoms with Gasteiger partial charge in [-0.2, -0.15) is 6.07 Å². The maximum Gasteiger partial charge on any atom is 0 e. The molecule has 15 heavy (non-hydrogen) atoms. The van der Waals surface area contributed by atoms with E-state index in [4.69, 9.17) is 0 Å². The first-order valence-electron chi connectivity index (χ1n) is 4.43. The molecular weight excluding hydrogens is 352 g/mol. The Morgan fingerprint density at radius 2 is 1.60 bits per heavy atom. The van der Waals surface area contributed by atoms with E-state index in [2.05, 4.69) is 50.2 Å². The third-order valence-corrected chi connectivity index (χ3v) is 2.34. The predicted octanol–water partition coefficient (Wildman–Crippen LogP) is 4.84. The van der Waals surface area contributed by atoms with Crippen LogP contribution < -0.4 is 0 Å². The Hall–Kier alpha value is 0.504. The maximum absolute atomic E-state index is 2.24. The molecule has 0 N–H and O–H groups in total. The molecule has 0 nitrogen and oxygen atoms in total. The molecule has 0 atom stereocenters. The fourth-order valence-corrected chi connectivity index (χ4v) is 1.68. The van der Waals surface area contributed by atoms with Gasteiger partial charge in [0.25, 0.3) is 0 Å². The summed E-state index contributed by atoms with van der Waals surface area (Å²) in [4.78, 5) is 0. The Bertz CT molecular complexity index is 393. The second-order valence-corrected chi connectivity index (χ2v) is 3.53. The molecule has 2 aromatic carbocycles. The normalized spacial score (nSPS) is 9.00. The van der Waals surface area contributed by atoms with Crippen molar-refractivity contribution < 1.29 is 21.7 Å². The molecule has 2 aromatic rings. The molecule has 0 amide bonds. The average molecular weight is 367 g/mol. The van der Waals surface area contributed by atoms with Gasteiger partial charge in [-0.15, -0.1) is 74.6 Å². The third kappa shape index (κ3) is 3.78. The van der Waals surface area contributed by atoms with Crippen LogP contribution in [0.4, 0.5) is 0 Å². The fourth-order valence-electron chi connectivity index (χ4n) is 1.68. The van der Waals surface area contributed by atoms with E-state index in [9.17, 15) is 0 Å². The molecule has 0 radical (unpaired) electrons. The molecule has 0 aliphatic rings. The third-order valence-electron chi connectivity index (χ3n) is 2.34. The van der Waals surface area contributed by atoms with Crippen molar-refractivity contribution >= 4 is 44.7 Å². The quantitative estimate of drug-likeness (QED) is 0.500. The zero-order valence-corrected chi connectivity index (χ0v) is 13.8. The number of fused-ring (bicyclic) bond motifs is 1. The van der Waals surface area contributed by atoms with Gasteiger partial charge in [0.1, 0.15) is 0 Å². The van der Waals surface area contributed by atoms with E-state index >= 15 is 0 Å². The minimum Gasteiger partial charge on any atom is -0.168 e. The summed E-state index contributed by atoms with van der Waals surface area (Å²) in [6.45, 7) is 4.48. The molecule has 2 rings (SSSR count). The van der Waals surface area contributed by atoms with Crippen molar-refractivity contribution in [3.8, 4) is 0 Å². The Morgan fingerprint density at radius 1 is 1.00 bits per heavy atom. The van der Waals surface area contributed by atoms with Crippen LogP contribution in [-0.2, 0) is 21.7 Å². The van der Waals surface area contributed by atoms with Gasteiger partial charge in [0.05, 0.1) is 0 Å². The smallest absolute Gasteiger partial charge is 0 e. The van der Waals surface area contributed by atoms with E-state index in [1.165, 1.54) is 16.3 Å². The summed E-state index contributed by atoms with van der Waals surface area (Å²) in [5.41, 5.74) is 1.46. The molecule has 0 saturated heterocycles. The molecule has 0 fully saturated rings. The second kappa shape index (κ2) is 7.72. The summed E-state index contributed by atoms with van der Waals surface area (Å²) in [6, 6.07) is 13.0. The van der Waals surface area contributed by atoms with Gasteiger partial charge >= 0.3 is 0 Å². The van der Waals surface area contributed by atoms with Gasteiger partial charge in [0, 0.05) is 21.7 Å². The average Bonchev–Trinajstić information content (AvgIpc) is 2.47. The molecule has 0 aliphatic heterocycles. The Morgan fingerprint density at radius 3 is 2.20 bits per heavy atom. The summed E-state index contributed by atoms with van der Waals surface area (Å²) in [6.07, 6.45) is 0. The number of benzene rings is 1. The SMILES string of the molecule is Br.Br.CC(C)[c-]1ccc2ccccc21.[Ti]. The largest absolute Gasteiger partial charge is 0.168 e. The van der Waals surface area contributed by atoms with Crippen molar-refractivity contribution in [2.45, 2.75) is 19.8 Å². The van der Waals surface area contributed by atoms with Crippen LogP contribution in [0.25, 0.3) is 10.8 Å². The molecule has 82 valence electrons. The number of hydrogen-bond acceptors (Lipinski definition) is 0. The van der Waals surface area contributed by atoms with E-state index < -0.39 is 0 Å². The molecule has 0 saturated carbocycles. The van der Waals surface area contributed by atoms with Crippen LogP contribution in [-0.4, -0.2) is 0 Å². The molecule has 3 heteroatoms. The maximum atomic E-state index is 2.24. The zero-order valence-electron chi connectivity index (χ0n) is 8.86. The van der Waals surface area contributed by atoms with Gasteiger partial charge in [0.2, 0.25) is 0 Å². The minimum atomic E-state index is 0. The standard InChI is InChI=1S/C12H13.2BrH.Ti/c1-9(2)11-8-7-10-5-3-4-6-12(10)11;;;/h3-9H,1-2H3;2*1H;/q-1;;;. The molecule has 0 heterocycles. The van der Waals surface area contributed by atoms with Crippen molar-refractivity contribution in [2.24, 2.45) is 0 Å². The second-order valence-electron chi connectivity index (χ2n) is 3.53. The minimum absolute atomic E-state index is 0. The molecule has 0 aromatic heterocycles. The Kier molecular flexibility index (Phi) is 9.21. The van der Waals surface area contributed by atoms with Crippen LogP contribution in [0.15, 0.2) is 36.4 Å². The predicted molar refractivity (Wildman–Crippen MR) is 74.3 cm³/mol. The van der Waals surface area contributed by atoms with E-state index in [1.807, 2.05) is 0 Å². The first kappa shape index (κ1) is 17.9. The van der Waals surface area contributed by atoms with E-state index in [1.54, 1.807) is 0 Å². The van der Waals surface area contributed by atoms with Crippen LogP contribution in [0.3, 0.4) is 0 Å². The van der Waals surface area contributed by atoms with Gasteiger partial charge in [-0.3, -0.25) is 0 Å². The summed E-state index contributed by atoms with van der Waals surface area (Å²) in [7, 11) is 0. The molecule has 0 aliphatic carbocycles.